The van der Waals surface area contributed by atoms with E-state index in [2.05, 4.69) is 29.2 Å². The number of morpholine rings is 1. The maximum absolute atomic E-state index is 13.0. The van der Waals surface area contributed by atoms with E-state index in [4.69, 9.17) is 9.47 Å². The summed E-state index contributed by atoms with van der Waals surface area (Å²) in [4.78, 5) is 16.9. The summed E-state index contributed by atoms with van der Waals surface area (Å²) in [5, 5.41) is 0. The molecular weight excluding hydrogens is 383 g/mol. The maximum atomic E-state index is 13.0. The molecule has 30 heavy (non-hydrogen) atoms. The van der Waals surface area contributed by atoms with Crippen molar-refractivity contribution in [2.75, 3.05) is 39.4 Å². The SMILES string of the molecule is O=C1COC(COc2ccc(F)cc2)CN1C1CCN(CCc2ccccc2)CC1. The number of carbonyl (C=O) groups is 1. The van der Waals surface area contributed by atoms with Gasteiger partial charge >= 0.3 is 0 Å². The van der Waals surface area contributed by atoms with Crippen molar-refractivity contribution in [1.29, 1.82) is 0 Å². The summed E-state index contributed by atoms with van der Waals surface area (Å²) in [5.74, 6) is 0.383. The number of hydrogen-bond donors (Lipinski definition) is 0. The van der Waals surface area contributed by atoms with Crippen LogP contribution in [0.2, 0.25) is 0 Å². The number of halogens is 1. The minimum absolute atomic E-state index is 0.0655. The molecule has 0 saturated carbocycles. The van der Waals surface area contributed by atoms with E-state index in [0.717, 1.165) is 38.9 Å². The van der Waals surface area contributed by atoms with Crippen LogP contribution in [0.1, 0.15) is 18.4 Å². The average molecular weight is 413 g/mol. The fourth-order valence-electron chi connectivity index (χ4n) is 4.21. The Bertz CT molecular complexity index is 807. The van der Waals surface area contributed by atoms with Crippen LogP contribution in [0.4, 0.5) is 4.39 Å². The van der Waals surface area contributed by atoms with Crippen LogP contribution in [0.15, 0.2) is 54.6 Å². The quantitative estimate of drug-likeness (QED) is 0.701. The number of rotatable bonds is 7. The highest BCUT2D eigenvalue weighted by atomic mass is 19.1. The van der Waals surface area contributed by atoms with Gasteiger partial charge in [-0.1, -0.05) is 30.3 Å². The summed E-state index contributed by atoms with van der Waals surface area (Å²) in [7, 11) is 0. The molecule has 0 spiro atoms. The van der Waals surface area contributed by atoms with Gasteiger partial charge in [-0.15, -0.1) is 0 Å². The number of nitrogens with zero attached hydrogens (tertiary/aromatic N) is 2. The summed E-state index contributed by atoms with van der Waals surface area (Å²) in [6, 6.07) is 16.8. The summed E-state index contributed by atoms with van der Waals surface area (Å²) in [5.41, 5.74) is 1.37. The van der Waals surface area contributed by atoms with Crippen molar-refractivity contribution >= 4 is 5.91 Å². The Kier molecular flexibility index (Phi) is 6.97. The molecule has 5 nitrogen and oxygen atoms in total. The molecule has 0 bridgehead atoms. The van der Waals surface area contributed by atoms with Crippen LogP contribution < -0.4 is 4.74 Å². The van der Waals surface area contributed by atoms with E-state index in [1.54, 1.807) is 12.1 Å². The third-order valence-electron chi connectivity index (χ3n) is 5.97. The Labute approximate surface area is 177 Å². The van der Waals surface area contributed by atoms with Crippen molar-refractivity contribution < 1.29 is 18.7 Å². The highest BCUT2D eigenvalue weighted by molar-refractivity contribution is 5.78. The highest BCUT2D eigenvalue weighted by Crippen LogP contribution is 2.21. The molecule has 2 saturated heterocycles. The Hall–Kier alpha value is -2.44. The molecule has 0 aromatic heterocycles. The zero-order valence-corrected chi connectivity index (χ0v) is 17.2. The van der Waals surface area contributed by atoms with Crippen molar-refractivity contribution in [3.8, 4) is 5.75 Å². The number of amides is 1. The lowest BCUT2D eigenvalue weighted by atomic mass is 10.0. The minimum atomic E-state index is -0.289. The van der Waals surface area contributed by atoms with Gasteiger partial charge in [0.2, 0.25) is 5.91 Å². The van der Waals surface area contributed by atoms with Crippen molar-refractivity contribution in [2.45, 2.75) is 31.4 Å². The number of benzene rings is 2. The number of piperidine rings is 1. The zero-order valence-electron chi connectivity index (χ0n) is 17.2. The summed E-state index contributed by atoms with van der Waals surface area (Å²) >= 11 is 0. The Morgan fingerprint density at radius 2 is 1.77 bits per heavy atom. The number of ether oxygens (including phenoxy) is 2. The first-order valence-corrected chi connectivity index (χ1v) is 10.7. The van der Waals surface area contributed by atoms with Gasteiger partial charge in [0, 0.05) is 25.7 Å². The van der Waals surface area contributed by atoms with Crippen molar-refractivity contribution in [3.63, 3.8) is 0 Å². The molecule has 1 amide bonds. The fourth-order valence-corrected chi connectivity index (χ4v) is 4.21. The van der Waals surface area contributed by atoms with Gasteiger partial charge in [0.25, 0.3) is 0 Å². The number of carbonyl (C=O) groups excluding carboxylic acids is 1. The summed E-state index contributed by atoms with van der Waals surface area (Å²) in [6.07, 6.45) is 2.88. The van der Waals surface area contributed by atoms with E-state index in [1.807, 2.05) is 11.0 Å². The molecule has 4 rings (SSSR count). The molecule has 1 unspecified atom stereocenters. The van der Waals surface area contributed by atoms with Crippen LogP contribution >= 0.6 is 0 Å². The van der Waals surface area contributed by atoms with Crippen LogP contribution in [0, 0.1) is 5.82 Å². The second-order valence-corrected chi connectivity index (χ2v) is 8.05. The summed E-state index contributed by atoms with van der Waals surface area (Å²) in [6.45, 7) is 4.09. The van der Waals surface area contributed by atoms with Crippen LogP contribution in [-0.4, -0.2) is 67.2 Å². The lowest BCUT2D eigenvalue weighted by Crippen LogP contribution is -2.55. The highest BCUT2D eigenvalue weighted by Gasteiger charge is 2.33. The predicted molar refractivity (Wildman–Crippen MR) is 113 cm³/mol. The first-order chi connectivity index (χ1) is 14.7. The van der Waals surface area contributed by atoms with Crippen LogP contribution in [0.5, 0.6) is 5.75 Å². The van der Waals surface area contributed by atoms with E-state index in [1.165, 1.54) is 17.7 Å². The van der Waals surface area contributed by atoms with Gasteiger partial charge in [0.1, 0.15) is 30.9 Å². The third kappa shape index (κ3) is 5.58. The normalized spacial score (nSPS) is 21.0. The summed E-state index contributed by atoms with van der Waals surface area (Å²) < 4.78 is 24.4. The molecule has 0 radical (unpaired) electrons. The maximum Gasteiger partial charge on any atom is 0.248 e. The lowest BCUT2D eigenvalue weighted by molar-refractivity contribution is -0.155. The average Bonchev–Trinajstić information content (AvgIpc) is 2.79. The Morgan fingerprint density at radius 3 is 2.50 bits per heavy atom. The minimum Gasteiger partial charge on any atom is -0.491 e. The monoisotopic (exact) mass is 412 g/mol. The molecule has 2 aliphatic rings. The smallest absolute Gasteiger partial charge is 0.248 e. The van der Waals surface area contributed by atoms with Crippen molar-refractivity contribution in [1.82, 2.24) is 9.80 Å². The van der Waals surface area contributed by atoms with E-state index in [-0.39, 0.29) is 30.5 Å². The predicted octanol–water partition coefficient (Wildman–Crippen LogP) is 3.14. The second-order valence-electron chi connectivity index (χ2n) is 8.05. The van der Waals surface area contributed by atoms with E-state index in [9.17, 15) is 9.18 Å². The van der Waals surface area contributed by atoms with Crippen LogP contribution in [0.25, 0.3) is 0 Å². The molecule has 2 heterocycles. The lowest BCUT2D eigenvalue weighted by Gasteiger charge is -2.42. The molecule has 160 valence electrons. The molecule has 1 atom stereocenters. The number of likely N-dealkylation sites (tertiary alicyclic amines) is 1. The van der Waals surface area contributed by atoms with E-state index < -0.39 is 0 Å². The molecular formula is C24H29FN2O3. The van der Waals surface area contributed by atoms with E-state index >= 15 is 0 Å². The van der Waals surface area contributed by atoms with Gasteiger partial charge in [-0.25, -0.2) is 4.39 Å². The van der Waals surface area contributed by atoms with Gasteiger partial charge in [-0.2, -0.15) is 0 Å². The second kappa shape index (κ2) is 10.0. The molecule has 2 fully saturated rings. The van der Waals surface area contributed by atoms with Gasteiger partial charge in [0.05, 0.1) is 6.54 Å². The Balaban J connectivity index is 1.23. The molecule has 2 aromatic carbocycles. The largest absolute Gasteiger partial charge is 0.491 e. The zero-order chi connectivity index (χ0) is 20.8. The Morgan fingerprint density at radius 1 is 1.03 bits per heavy atom. The van der Waals surface area contributed by atoms with Gasteiger partial charge in [0.15, 0.2) is 0 Å². The van der Waals surface area contributed by atoms with Crippen LogP contribution in [-0.2, 0) is 16.0 Å². The van der Waals surface area contributed by atoms with Crippen molar-refractivity contribution in [3.05, 3.63) is 66.0 Å². The topological polar surface area (TPSA) is 42.0 Å². The van der Waals surface area contributed by atoms with Crippen molar-refractivity contribution in [2.24, 2.45) is 0 Å². The third-order valence-corrected chi connectivity index (χ3v) is 5.97. The first kappa shape index (κ1) is 20.8. The van der Waals surface area contributed by atoms with Crippen LogP contribution in [0.3, 0.4) is 0 Å². The van der Waals surface area contributed by atoms with Gasteiger partial charge in [-0.05, 0) is 49.1 Å². The standard InChI is InChI=1S/C24H29FN2O3/c25-20-6-8-22(9-7-20)29-17-23-16-27(24(28)18-30-23)21-11-14-26(15-12-21)13-10-19-4-2-1-3-5-19/h1-9,21,23H,10-18H2. The van der Waals surface area contributed by atoms with Gasteiger partial charge < -0.3 is 19.3 Å². The van der Waals surface area contributed by atoms with E-state index in [0.29, 0.717) is 18.9 Å². The molecule has 0 aliphatic carbocycles. The molecule has 0 N–H and O–H groups in total. The molecule has 2 aliphatic heterocycles. The first-order valence-electron chi connectivity index (χ1n) is 10.7. The van der Waals surface area contributed by atoms with Gasteiger partial charge in [-0.3, -0.25) is 4.79 Å². The molecule has 2 aromatic rings. The molecule has 6 heteroatoms. The number of hydrogen-bond acceptors (Lipinski definition) is 4. The fraction of sp³-hybridized carbons (Fsp3) is 0.458.